The van der Waals surface area contributed by atoms with Crippen LogP contribution in [0, 0.1) is 0 Å². The fourth-order valence-corrected chi connectivity index (χ4v) is 10.8. The molecule has 0 aromatic carbocycles. The molecular formula is C66H131NO5. The molecule has 430 valence electrons. The van der Waals surface area contributed by atoms with E-state index >= 15 is 0 Å². The molecule has 0 fully saturated rings. The van der Waals surface area contributed by atoms with E-state index in [1.807, 2.05) is 0 Å². The number of amides is 1. The quantitative estimate of drug-likeness (QED) is 0.0417. The summed E-state index contributed by atoms with van der Waals surface area (Å²) in [6, 6.07) is -0.536. The lowest BCUT2D eigenvalue weighted by molar-refractivity contribution is -0.143. The van der Waals surface area contributed by atoms with E-state index in [1.165, 1.54) is 315 Å². The number of carbonyl (C=O) groups is 2. The average Bonchev–Trinajstić information content (AvgIpc) is 3.38. The Morgan fingerprint density at radius 2 is 0.569 bits per heavy atom. The first kappa shape index (κ1) is 70.9. The van der Waals surface area contributed by atoms with Gasteiger partial charge in [-0.05, 0) is 25.7 Å². The summed E-state index contributed by atoms with van der Waals surface area (Å²) in [4.78, 5) is 24.5. The minimum atomic E-state index is -0.659. The second-order valence-electron chi connectivity index (χ2n) is 23.2. The van der Waals surface area contributed by atoms with E-state index in [0.717, 1.165) is 38.5 Å². The molecule has 0 aliphatic carbocycles. The summed E-state index contributed by atoms with van der Waals surface area (Å²) < 4.78 is 5.48. The third kappa shape index (κ3) is 58.1. The Morgan fingerprint density at radius 1 is 0.333 bits per heavy atom. The standard InChI is InChI=1S/C66H131NO5/c1-3-5-7-9-11-13-15-38-42-46-50-54-58-64(69)63(62-68)67-65(70)59-55-51-47-43-39-36-34-32-30-28-26-24-22-20-18-17-19-21-23-25-27-29-31-33-35-37-41-45-49-53-57-61-72-66(71)60-56-52-48-44-40-16-14-12-10-8-6-4-2/h63-64,68-69H,3-62H2,1-2H3,(H,67,70). The number of carbonyl (C=O) groups excluding carboxylic acids is 2. The van der Waals surface area contributed by atoms with Crippen molar-refractivity contribution in [3.05, 3.63) is 0 Å². The Hall–Kier alpha value is -1.14. The SMILES string of the molecule is CCCCCCCCCCCCCCC(=O)OCCCCCCCCCCCCCCCCCCCCCCCCCCCCCCCCCC(=O)NC(CO)C(O)CCCCCCCCCCCCCC. The largest absolute Gasteiger partial charge is 0.466 e. The molecule has 0 heterocycles. The van der Waals surface area contributed by atoms with Gasteiger partial charge in [0.25, 0.3) is 0 Å². The van der Waals surface area contributed by atoms with Crippen LogP contribution in [-0.4, -0.2) is 47.4 Å². The van der Waals surface area contributed by atoms with Crippen molar-refractivity contribution in [3.63, 3.8) is 0 Å². The van der Waals surface area contributed by atoms with Gasteiger partial charge in [-0.1, -0.05) is 348 Å². The number of rotatable bonds is 63. The number of unbranched alkanes of at least 4 members (excludes halogenated alkanes) is 52. The first-order chi connectivity index (χ1) is 35.5. The Balaban J connectivity index is 3.29. The highest BCUT2D eigenvalue weighted by molar-refractivity contribution is 5.76. The molecule has 0 saturated carbocycles. The fourth-order valence-electron chi connectivity index (χ4n) is 10.8. The third-order valence-corrected chi connectivity index (χ3v) is 15.9. The van der Waals surface area contributed by atoms with Crippen molar-refractivity contribution in [2.45, 2.75) is 398 Å². The first-order valence-corrected chi connectivity index (χ1v) is 33.3. The van der Waals surface area contributed by atoms with Crippen LogP contribution in [0.15, 0.2) is 0 Å². The van der Waals surface area contributed by atoms with Crippen LogP contribution in [0.25, 0.3) is 0 Å². The summed E-state index contributed by atoms with van der Waals surface area (Å²) in [7, 11) is 0. The number of hydrogen-bond donors (Lipinski definition) is 3. The van der Waals surface area contributed by atoms with E-state index < -0.39 is 12.1 Å². The smallest absolute Gasteiger partial charge is 0.305 e. The van der Waals surface area contributed by atoms with Gasteiger partial charge in [-0.15, -0.1) is 0 Å². The van der Waals surface area contributed by atoms with E-state index in [-0.39, 0.29) is 18.5 Å². The second kappa shape index (κ2) is 62.4. The summed E-state index contributed by atoms with van der Waals surface area (Å²) in [5.41, 5.74) is 0. The van der Waals surface area contributed by atoms with E-state index in [1.54, 1.807) is 0 Å². The lowest BCUT2D eigenvalue weighted by atomic mass is 10.0. The molecule has 6 heteroatoms. The van der Waals surface area contributed by atoms with Crippen molar-refractivity contribution in [3.8, 4) is 0 Å². The highest BCUT2D eigenvalue weighted by atomic mass is 16.5. The maximum Gasteiger partial charge on any atom is 0.305 e. The Morgan fingerprint density at radius 3 is 0.847 bits per heavy atom. The van der Waals surface area contributed by atoms with Gasteiger partial charge in [0.15, 0.2) is 0 Å². The van der Waals surface area contributed by atoms with E-state index in [0.29, 0.717) is 25.9 Å². The molecule has 2 unspecified atom stereocenters. The number of aliphatic hydroxyl groups is 2. The molecule has 0 aliphatic heterocycles. The maximum absolute atomic E-state index is 12.5. The van der Waals surface area contributed by atoms with Crippen molar-refractivity contribution in [2.24, 2.45) is 0 Å². The van der Waals surface area contributed by atoms with Crippen LogP contribution in [0.2, 0.25) is 0 Å². The number of aliphatic hydroxyl groups excluding tert-OH is 2. The third-order valence-electron chi connectivity index (χ3n) is 15.9. The molecule has 3 N–H and O–H groups in total. The maximum atomic E-state index is 12.5. The van der Waals surface area contributed by atoms with Crippen LogP contribution >= 0.6 is 0 Å². The van der Waals surface area contributed by atoms with Crippen molar-refractivity contribution >= 4 is 11.9 Å². The summed E-state index contributed by atoms with van der Waals surface area (Å²) in [5.74, 6) is -0.00650. The Bertz CT molecular complexity index is 1040. The van der Waals surface area contributed by atoms with E-state index in [9.17, 15) is 19.8 Å². The monoisotopic (exact) mass is 1020 g/mol. The minimum Gasteiger partial charge on any atom is -0.466 e. The molecule has 2 atom stereocenters. The zero-order chi connectivity index (χ0) is 52.2. The van der Waals surface area contributed by atoms with Gasteiger partial charge in [-0.25, -0.2) is 0 Å². The van der Waals surface area contributed by atoms with E-state index in [4.69, 9.17) is 4.74 Å². The zero-order valence-electron chi connectivity index (χ0n) is 49.2. The van der Waals surface area contributed by atoms with Gasteiger partial charge in [0, 0.05) is 12.8 Å². The summed E-state index contributed by atoms with van der Waals surface area (Å²) in [5, 5.41) is 23.2. The number of hydrogen-bond acceptors (Lipinski definition) is 5. The van der Waals surface area contributed by atoms with Crippen LogP contribution in [-0.2, 0) is 14.3 Å². The molecule has 0 rings (SSSR count). The van der Waals surface area contributed by atoms with Crippen LogP contribution in [0.1, 0.15) is 386 Å². The number of ether oxygens (including phenoxy) is 1. The van der Waals surface area contributed by atoms with Crippen molar-refractivity contribution in [1.82, 2.24) is 5.32 Å². The van der Waals surface area contributed by atoms with Gasteiger partial charge in [0.05, 0.1) is 25.4 Å². The Labute approximate surface area is 451 Å². The average molecular weight is 1020 g/mol. The molecule has 0 aromatic rings. The molecule has 6 nitrogen and oxygen atoms in total. The van der Waals surface area contributed by atoms with Gasteiger partial charge in [-0.2, -0.15) is 0 Å². The number of esters is 1. The second-order valence-corrected chi connectivity index (χ2v) is 23.2. The molecule has 0 spiro atoms. The molecule has 0 aromatic heterocycles. The van der Waals surface area contributed by atoms with Gasteiger partial charge < -0.3 is 20.3 Å². The van der Waals surface area contributed by atoms with Crippen molar-refractivity contribution in [2.75, 3.05) is 13.2 Å². The Kier molecular flexibility index (Phi) is 61.4. The summed E-state index contributed by atoms with van der Waals surface area (Å²) >= 11 is 0. The van der Waals surface area contributed by atoms with Gasteiger partial charge in [-0.3, -0.25) is 9.59 Å². The summed E-state index contributed by atoms with van der Waals surface area (Å²) in [6.45, 7) is 4.98. The zero-order valence-corrected chi connectivity index (χ0v) is 49.2. The molecule has 1 amide bonds. The van der Waals surface area contributed by atoms with Crippen LogP contribution < -0.4 is 5.32 Å². The number of nitrogens with one attached hydrogen (secondary N) is 1. The molecule has 0 radical (unpaired) electrons. The van der Waals surface area contributed by atoms with E-state index in [2.05, 4.69) is 19.2 Å². The summed E-state index contributed by atoms with van der Waals surface area (Å²) in [6.07, 6.45) is 74.3. The molecule has 72 heavy (non-hydrogen) atoms. The van der Waals surface area contributed by atoms with Gasteiger partial charge >= 0.3 is 5.97 Å². The lowest BCUT2D eigenvalue weighted by Gasteiger charge is -2.22. The van der Waals surface area contributed by atoms with Gasteiger partial charge in [0.2, 0.25) is 5.91 Å². The molecular weight excluding hydrogens is 887 g/mol. The first-order valence-electron chi connectivity index (χ1n) is 33.3. The highest BCUT2D eigenvalue weighted by Gasteiger charge is 2.20. The minimum absolute atomic E-state index is 0.0222. The van der Waals surface area contributed by atoms with Crippen LogP contribution in [0.3, 0.4) is 0 Å². The van der Waals surface area contributed by atoms with Crippen LogP contribution in [0.4, 0.5) is 0 Å². The van der Waals surface area contributed by atoms with Crippen molar-refractivity contribution in [1.29, 1.82) is 0 Å². The van der Waals surface area contributed by atoms with Crippen molar-refractivity contribution < 1.29 is 24.5 Å². The molecule has 0 saturated heterocycles. The van der Waals surface area contributed by atoms with Crippen LogP contribution in [0.5, 0.6) is 0 Å². The normalized spacial score (nSPS) is 12.4. The fraction of sp³-hybridized carbons (Fsp3) is 0.970. The van der Waals surface area contributed by atoms with Gasteiger partial charge in [0.1, 0.15) is 0 Å². The topological polar surface area (TPSA) is 95.9 Å². The molecule has 0 aliphatic rings. The predicted octanol–water partition coefficient (Wildman–Crippen LogP) is 21.0. The predicted molar refractivity (Wildman–Crippen MR) is 315 cm³/mol. The highest BCUT2D eigenvalue weighted by Crippen LogP contribution is 2.19. The molecule has 0 bridgehead atoms. The lowest BCUT2D eigenvalue weighted by Crippen LogP contribution is -2.45.